The van der Waals surface area contributed by atoms with Gasteiger partial charge in [-0.1, -0.05) is 23.4 Å². The van der Waals surface area contributed by atoms with Gasteiger partial charge in [-0.05, 0) is 18.2 Å². The average Bonchev–Trinajstić information content (AvgIpc) is 2.36. The summed E-state index contributed by atoms with van der Waals surface area (Å²) in [6.07, 6.45) is -1.12. The number of benzene rings is 1. The molecule has 0 aliphatic rings. The fourth-order valence-corrected chi connectivity index (χ4v) is 2.16. The lowest BCUT2D eigenvalue weighted by Gasteiger charge is -2.10. The summed E-state index contributed by atoms with van der Waals surface area (Å²) in [6, 6.07) is 4.44. The first-order chi connectivity index (χ1) is 9.38. The minimum Gasteiger partial charge on any atom is -0.452 e. The van der Waals surface area contributed by atoms with Crippen LogP contribution in [0, 0.1) is 11.8 Å². The number of hydrogen-bond donors (Lipinski definition) is 3. The Bertz CT molecular complexity index is 664. The summed E-state index contributed by atoms with van der Waals surface area (Å²) in [7, 11) is -3.10. The molecule has 0 saturated carbocycles. The zero-order valence-electron chi connectivity index (χ0n) is 10.4. The maximum Gasteiger partial charge on any atom is 0.422 e. The number of amides is 1. The third kappa shape index (κ3) is 4.97. The van der Waals surface area contributed by atoms with Crippen molar-refractivity contribution in [2.45, 2.75) is 0 Å². The van der Waals surface area contributed by atoms with Crippen LogP contribution in [0.15, 0.2) is 18.2 Å². The Morgan fingerprint density at radius 1 is 1.50 bits per heavy atom. The number of ether oxygens (including phenoxy) is 1. The largest absolute Gasteiger partial charge is 0.452 e. The molecule has 0 bridgehead atoms. The molecule has 0 fully saturated rings. The Morgan fingerprint density at radius 3 is 2.80 bits per heavy atom. The second kappa shape index (κ2) is 7.00. The number of methoxy groups -OCH3 is 1. The van der Waals surface area contributed by atoms with Gasteiger partial charge in [0.25, 0.3) is 0 Å². The SMILES string of the molecule is COC(=O)NS(=O)(=O)Nc1cc(Cl)ccc1C#CCN. The molecule has 0 spiro atoms. The summed E-state index contributed by atoms with van der Waals surface area (Å²) in [5, 5.41) is 0.305. The normalized spacial score (nSPS) is 10.2. The maximum absolute atomic E-state index is 11.7. The third-order valence-electron chi connectivity index (χ3n) is 1.95. The molecule has 108 valence electrons. The van der Waals surface area contributed by atoms with Crippen molar-refractivity contribution in [3.8, 4) is 11.8 Å². The predicted molar refractivity (Wildman–Crippen MR) is 75.5 cm³/mol. The van der Waals surface area contributed by atoms with Gasteiger partial charge in [-0.3, -0.25) is 4.72 Å². The maximum atomic E-state index is 11.7. The topological polar surface area (TPSA) is 111 Å². The molecule has 0 aliphatic heterocycles. The Kier molecular flexibility index (Phi) is 5.64. The number of carbonyl (C=O) groups excluding carboxylic acids is 1. The fraction of sp³-hybridized carbons (Fsp3) is 0.182. The molecule has 0 atom stereocenters. The van der Waals surface area contributed by atoms with Crippen molar-refractivity contribution < 1.29 is 17.9 Å². The third-order valence-corrected chi connectivity index (χ3v) is 3.11. The van der Waals surface area contributed by atoms with Gasteiger partial charge >= 0.3 is 16.3 Å². The number of hydrogen-bond acceptors (Lipinski definition) is 5. The van der Waals surface area contributed by atoms with Crippen molar-refractivity contribution in [3.05, 3.63) is 28.8 Å². The van der Waals surface area contributed by atoms with Gasteiger partial charge in [0, 0.05) is 10.6 Å². The Morgan fingerprint density at radius 2 is 2.20 bits per heavy atom. The smallest absolute Gasteiger partial charge is 0.422 e. The van der Waals surface area contributed by atoms with Crippen molar-refractivity contribution in [3.63, 3.8) is 0 Å². The van der Waals surface area contributed by atoms with Gasteiger partial charge in [-0.25, -0.2) is 9.52 Å². The summed E-state index contributed by atoms with van der Waals surface area (Å²) in [6.45, 7) is 0.120. The number of nitrogens with one attached hydrogen (secondary N) is 2. The van der Waals surface area contributed by atoms with E-state index in [1.54, 1.807) is 10.8 Å². The quantitative estimate of drug-likeness (QED) is 0.709. The molecule has 1 rings (SSSR count). The lowest BCUT2D eigenvalue weighted by atomic mass is 10.2. The molecular formula is C11H12ClN3O4S. The molecule has 0 aliphatic carbocycles. The van der Waals surface area contributed by atoms with Gasteiger partial charge in [-0.2, -0.15) is 8.42 Å². The van der Waals surface area contributed by atoms with Crippen LogP contribution in [0.1, 0.15) is 5.56 Å². The van der Waals surface area contributed by atoms with Crippen LogP contribution in [0.2, 0.25) is 5.02 Å². The Balaban J connectivity index is 3.07. The van der Waals surface area contributed by atoms with Crippen LogP contribution in [-0.2, 0) is 14.9 Å². The number of anilines is 1. The average molecular weight is 318 g/mol. The van der Waals surface area contributed by atoms with Crippen LogP contribution in [0.4, 0.5) is 10.5 Å². The first-order valence-corrected chi connectivity index (χ1v) is 7.11. The molecule has 0 heterocycles. The zero-order chi connectivity index (χ0) is 15.2. The first kappa shape index (κ1) is 16.1. The molecule has 20 heavy (non-hydrogen) atoms. The predicted octanol–water partition coefficient (Wildman–Crippen LogP) is 0.663. The second-order valence-electron chi connectivity index (χ2n) is 3.39. The van der Waals surface area contributed by atoms with Gasteiger partial charge in [0.05, 0.1) is 19.3 Å². The summed E-state index contributed by atoms with van der Waals surface area (Å²) in [5.74, 6) is 5.28. The van der Waals surface area contributed by atoms with Gasteiger partial charge in [0.15, 0.2) is 0 Å². The molecule has 9 heteroatoms. The molecule has 1 aromatic rings. The van der Waals surface area contributed by atoms with Gasteiger partial charge in [0.1, 0.15) is 0 Å². The second-order valence-corrected chi connectivity index (χ2v) is 5.25. The van der Waals surface area contributed by atoms with E-state index in [2.05, 4.69) is 21.3 Å². The minimum absolute atomic E-state index is 0.120. The van der Waals surface area contributed by atoms with E-state index in [-0.39, 0.29) is 12.2 Å². The molecule has 0 radical (unpaired) electrons. The summed E-state index contributed by atoms with van der Waals surface area (Å²) < 4.78 is 31.3. The van der Waals surface area contributed by atoms with Crippen LogP contribution in [0.5, 0.6) is 0 Å². The van der Waals surface area contributed by atoms with Crippen molar-refractivity contribution in [2.24, 2.45) is 5.73 Å². The van der Waals surface area contributed by atoms with E-state index in [0.29, 0.717) is 10.6 Å². The number of carbonyl (C=O) groups is 1. The highest BCUT2D eigenvalue weighted by molar-refractivity contribution is 7.91. The van der Waals surface area contributed by atoms with E-state index in [0.717, 1.165) is 7.11 Å². The first-order valence-electron chi connectivity index (χ1n) is 5.25. The zero-order valence-corrected chi connectivity index (χ0v) is 12.0. The van der Waals surface area contributed by atoms with E-state index in [4.69, 9.17) is 17.3 Å². The van der Waals surface area contributed by atoms with E-state index >= 15 is 0 Å². The van der Waals surface area contributed by atoms with Gasteiger partial charge in [0.2, 0.25) is 0 Å². The summed E-state index contributed by atoms with van der Waals surface area (Å²) in [5.41, 5.74) is 5.75. The van der Waals surface area contributed by atoms with Crippen LogP contribution in [0.3, 0.4) is 0 Å². The van der Waals surface area contributed by atoms with Crippen LogP contribution < -0.4 is 15.2 Å². The Hall–Kier alpha value is -1.95. The highest BCUT2D eigenvalue weighted by atomic mass is 35.5. The molecule has 0 aromatic heterocycles. The molecular weight excluding hydrogens is 306 g/mol. The van der Waals surface area contributed by atoms with Gasteiger partial charge < -0.3 is 10.5 Å². The van der Waals surface area contributed by atoms with E-state index < -0.39 is 16.3 Å². The molecule has 1 aromatic carbocycles. The standard InChI is InChI=1S/C11H12ClN3O4S/c1-19-11(16)15-20(17,18)14-10-7-9(12)5-4-8(10)3-2-6-13/h4-5,7,14H,6,13H2,1H3,(H,15,16). The van der Waals surface area contributed by atoms with E-state index in [1.807, 2.05) is 0 Å². The van der Waals surface area contributed by atoms with Crippen molar-refractivity contribution in [1.29, 1.82) is 0 Å². The minimum atomic E-state index is -4.14. The van der Waals surface area contributed by atoms with Crippen LogP contribution in [0.25, 0.3) is 0 Å². The molecule has 4 N–H and O–H groups in total. The number of rotatable bonds is 3. The summed E-state index contributed by atoms with van der Waals surface area (Å²) in [4.78, 5) is 10.9. The van der Waals surface area contributed by atoms with Crippen molar-refractivity contribution >= 4 is 33.6 Å². The number of nitrogens with two attached hydrogens (primary N) is 1. The fourth-order valence-electron chi connectivity index (χ4n) is 1.18. The van der Waals surface area contributed by atoms with Crippen molar-refractivity contribution in [2.75, 3.05) is 18.4 Å². The van der Waals surface area contributed by atoms with Gasteiger partial charge in [-0.15, -0.1) is 0 Å². The lowest BCUT2D eigenvalue weighted by Crippen LogP contribution is -2.35. The molecule has 0 saturated heterocycles. The summed E-state index contributed by atoms with van der Waals surface area (Å²) >= 11 is 5.79. The monoisotopic (exact) mass is 317 g/mol. The number of halogens is 1. The van der Waals surface area contributed by atoms with E-state index in [9.17, 15) is 13.2 Å². The van der Waals surface area contributed by atoms with E-state index in [1.165, 1.54) is 12.1 Å². The highest BCUT2D eigenvalue weighted by Gasteiger charge is 2.16. The van der Waals surface area contributed by atoms with Crippen molar-refractivity contribution in [1.82, 2.24) is 4.72 Å². The highest BCUT2D eigenvalue weighted by Crippen LogP contribution is 2.21. The molecule has 7 nitrogen and oxygen atoms in total. The van der Waals surface area contributed by atoms with Crippen LogP contribution >= 0.6 is 11.6 Å². The lowest BCUT2D eigenvalue weighted by molar-refractivity contribution is 0.177. The Labute approximate surface area is 121 Å². The molecule has 0 unspecified atom stereocenters. The molecule has 1 amide bonds. The van der Waals surface area contributed by atoms with Crippen LogP contribution in [-0.4, -0.2) is 28.2 Å².